The monoisotopic (exact) mass is 310 g/mol. The summed E-state index contributed by atoms with van der Waals surface area (Å²) in [4.78, 5) is 12.0. The van der Waals surface area contributed by atoms with E-state index in [2.05, 4.69) is 10.6 Å². The van der Waals surface area contributed by atoms with Gasteiger partial charge in [0.2, 0.25) is 0 Å². The number of urea groups is 1. The summed E-state index contributed by atoms with van der Waals surface area (Å²) >= 11 is 6.03. The van der Waals surface area contributed by atoms with Crippen molar-refractivity contribution in [3.05, 3.63) is 34.9 Å². The van der Waals surface area contributed by atoms with Gasteiger partial charge in [0.1, 0.15) is 5.60 Å². The minimum Gasteiger partial charge on any atom is -0.372 e. The number of carbonyl (C=O) groups is 1. The molecule has 5 heteroatoms. The molecule has 4 nitrogen and oxygen atoms in total. The molecular weight excluding hydrogens is 288 g/mol. The van der Waals surface area contributed by atoms with E-state index in [1.165, 1.54) is 12.8 Å². The second kappa shape index (κ2) is 7.14. The molecule has 1 aromatic carbocycles. The predicted molar refractivity (Wildman–Crippen MR) is 84.6 cm³/mol. The summed E-state index contributed by atoms with van der Waals surface area (Å²) in [6, 6.07) is 7.69. The molecule has 1 aromatic rings. The van der Waals surface area contributed by atoms with E-state index in [-0.39, 0.29) is 6.03 Å². The van der Waals surface area contributed by atoms with E-state index >= 15 is 0 Å². The van der Waals surface area contributed by atoms with Crippen molar-refractivity contribution in [3.8, 4) is 0 Å². The van der Waals surface area contributed by atoms with Crippen molar-refractivity contribution >= 4 is 17.6 Å². The number of hydrogen-bond donors (Lipinski definition) is 2. The Labute approximate surface area is 131 Å². The van der Waals surface area contributed by atoms with Crippen molar-refractivity contribution in [2.45, 2.75) is 44.2 Å². The number of amides is 2. The van der Waals surface area contributed by atoms with Gasteiger partial charge in [0.25, 0.3) is 0 Å². The largest absolute Gasteiger partial charge is 0.372 e. The summed E-state index contributed by atoms with van der Waals surface area (Å²) < 4.78 is 5.60. The van der Waals surface area contributed by atoms with E-state index in [0.29, 0.717) is 17.6 Å². The van der Waals surface area contributed by atoms with Crippen molar-refractivity contribution in [1.29, 1.82) is 0 Å². The van der Waals surface area contributed by atoms with Gasteiger partial charge >= 0.3 is 6.03 Å². The number of benzene rings is 1. The van der Waals surface area contributed by atoms with E-state index in [9.17, 15) is 4.79 Å². The van der Waals surface area contributed by atoms with E-state index < -0.39 is 5.60 Å². The SMILES string of the molecule is CO[C@@](C)(CNC(=O)NC1CCCC1)c1cccc(Cl)c1. The summed E-state index contributed by atoms with van der Waals surface area (Å²) in [6.45, 7) is 2.33. The Hall–Kier alpha value is -1.26. The molecule has 2 rings (SSSR count). The Morgan fingerprint density at radius 1 is 1.43 bits per heavy atom. The first kappa shape index (κ1) is 16.1. The van der Waals surface area contributed by atoms with Crippen LogP contribution in [0.2, 0.25) is 5.02 Å². The number of methoxy groups -OCH3 is 1. The van der Waals surface area contributed by atoms with Crippen molar-refractivity contribution < 1.29 is 9.53 Å². The van der Waals surface area contributed by atoms with Crippen LogP contribution in [0.3, 0.4) is 0 Å². The molecule has 1 aliphatic carbocycles. The lowest BCUT2D eigenvalue weighted by Crippen LogP contribution is -2.46. The first-order valence-electron chi connectivity index (χ1n) is 7.39. The lowest BCUT2D eigenvalue weighted by Gasteiger charge is -2.29. The fraction of sp³-hybridized carbons (Fsp3) is 0.562. The average molecular weight is 311 g/mol. The van der Waals surface area contributed by atoms with Gasteiger partial charge in [0.05, 0.1) is 6.54 Å². The summed E-state index contributed by atoms with van der Waals surface area (Å²) in [5, 5.41) is 6.57. The smallest absolute Gasteiger partial charge is 0.315 e. The fourth-order valence-electron chi connectivity index (χ4n) is 2.67. The van der Waals surface area contributed by atoms with Crippen molar-refractivity contribution in [3.63, 3.8) is 0 Å². The summed E-state index contributed by atoms with van der Waals surface area (Å²) in [5.41, 5.74) is 0.344. The molecule has 0 aromatic heterocycles. The van der Waals surface area contributed by atoms with Crippen molar-refractivity contribution in [2.24, 2.45) is 0 Å². The fourth-order valence-corrected chi connectivity index (χ4v) is 2.86. The third kappa shape index (κ3) is 4.35. The number of ether oxygens (including phenoxy) is 1. The summed E-state index contributed by atoms with van der Waals surface area (Å²) in [5.74, 6) is 0. The molecule has 0 spiro atoms. The second-order valence-electron chi connectivity index (χ2n) is 5.75. The number of carbonyl (C=O) groups excluding carboxylic acids is 1. The highest BCUT2D eigenvalue weighted by Crippen LogP contribution is 2.26. The van der Waals surface area contributed by atoms with Crippen LogP contribution in [0.5, 0.6) is 0 Å². The molecule has 0 unspecified atom stereocenters. The van der Waals surface area contributed by atoms with Gasteiger partial charge in [-0.1, -0.05) is 36.6 Å². The number of rotatable bonds is 5. The average Bonchev–Trinajstić information content (AvgIpc) is 2.97. The van der Waals surface area contributed by atoms with Crippen LogP contribution in [-0.2, 0) is 10.3 Å². The van der Waals surface area contributed by atoms with Gasteiger partial charge in [-0.05, 0) is 37.5 Å². The van der Waals surface area contributed by atoms with E-state index in [0.717, 1.165) is 18.4 Å². The zero-order chi connectivity index (χ0) is 15.3. The van der Waals surface area contributed by atoms with Gasteiger partial charge in [0, 0.05) is 18.2 Å². The molecule has 0 radical (unpaired) electrons. The van der Waals surface area contributed by atoms with Gasteiger partial charge in [0.15, 0.2) is 0 Å². The van der Waals surface area contributed by atoms with Gasteiger partial charge in [-0.2, -0.15) is 0 Å². The Bertz CT molecular complexity index is 489. The van der Waals surface area contributed by atoms with Gasteiger partial charge in [-0.15, -0.1) is 0 Å². The molecule has 1 atom stereocenters. The van der Waals surface area contributed by atoms with Crippen molar-refractivity contribution in [1.82, 2.24) is 10.6 Å². The molecule has 21 heavy (non-hydrogen) atoms. The molecule has 1 saturated carbocycles. The number of nitrogens with one attached hydrogen (secondary N) is 2. The van der Waals surface area contributed by atoms with Crippen LogP contribution in [-0.4, -0.2) is 25.7 Å². The molecule has 1 aliphatic rings. The van der Waals surface area contributed by atoms with Gasteiger partial charge < -0.3 is 15.4 Å². The molecule has 116 valence electrons. The topological polar surface area (TPSA) is 50.4 Å². The zero-order valence-electron chi connectivity index (χ0n) is 12.6. The first-order valence-corrected chi connectivity index (χ1v) is 7.77. The maximum absolute atomic E-state index is 12.0. The Morgan fingerprint density at radius 2 is 2.14 bits per heavy atom. The van der Waals surface area contributed by atoms with Crippen LogP contribution in [0.1, 0.15) is 38.2 Å². The second-order valence-corrected chi connectivity index (χ2v) is 6.19. The predicted octanol–water partition coefficient (Wildman–Crippen LogP) is 3.44. The molecule has 0 heterocycles. The van der Waals surface area contributed by atoms with Gasteiger partial charge in [-0.25, -0.2) is 4.79 Å². The van der Waals surface area contributed by atoms with Crippen LogP contribution >= 0.6 is 11.6 Å². The normalized spacial score (nSPS) is 18.2. The standard InChI is InChI=1S/C16H23ClN2O2/c1-16(21-2,12-6-5-7-13(17)10-12)11-18-15(20)19-14-8-3-4-9-14/h5-7,10,14H,3-4,8-9,11H2,1-2H3,(H2,18,19,20)/t16-/m0/s1. The van der Waals surface area contributed by atoms with Crippen LogP contribution in [0.25, 0.3) is 0 Å². The highest BCUT2D eigenvalue weighted by atomic mass is 35.5. The first-order chi connectivity index (χ1) is 10.0. The van der Waals surface area contributed by atoms with E-state index in [1.54, 1.807) is 7.11 Å². The van der Waals surface area contributed by atoms with Crippen LogP contribution in [0.15, 0.2) is 24.3 Å². The minimum atomic E-state index is -0.599. The lowest BCUT2D eigenvalue weighted by molar-refractivity contribution is 0.00482. The summed E-state index contributed by atoms with van der Waals surface area (Å²) in [7, 11) is 1.64. The molecule has 0 saturated heterocycles. The minimum absolute atomic E-state index is 0.132. The molecular formula is C16H23ClN2O2. The molecule has 0 aliphatic heterocycles. The molecule has 2 amide bonds. The molecule has 0 bridgehead atoms. The Balaban J connectivity index is 1.93. The zero-order valence-corrected chi connectivity index (χ0v) is 13.4. The summed E-state index contributed by atoms with van der Waals surface area (Å²) in [6.07, 6.45) is 4.54. The number of hydrogen-bond acceptors (Lipinski definition) is 2. The van der Waals surface area contributed by atoms with Crippen molar-refractivity contribution in [2.75, 3.05) is 13.7 Å². The molecule has 1 fully saturated rings. The van der Waals surface area contributed by atoms with Crippen LogP contribution in [0.4, 0.5) is 4.79 Å². The molecule has 2 N–H and O–H groups in total. The highest BCUT2D eigenvalue weighted by Gasteiger charge is 2.27. The lowest BCUT2D eigenvalue weighted by atomic mass is 9.96. The third-order valence-electron chi connectivity index (χ3n) is 4.16. The highest BCUT2D eigenvalue weighted by molar-refractivity contribution is 6.30. The Morgan fingerprint density at radius 3 is 2.76 bits per heavy atom. The number of halogens is 1. The van der Waals surface area contributed by atoms with E-state index in [4.69, 9.17) is 16.3 Å². The maximum atomic E-state index is 12.0. The third-order valence-corrected chi connectivity index (χ3v) is 4.40. The van der Waals surface area contributed by atoms with E-state index in [1.807, 2.05) is 31.2 Å². The van der Waals surface area contributed by atoms with Gasteiger partial charge in [-0.3, -0.25) is 0 Å². The quantitative estimate of drug-likeness (QED) is 0.875. The maximum Gasteiger partial charge on any atom is 0.315 e. The Kier molecular flexibility index (Phi) is 5.48. The van der Waals surface area contributed by atoms with Crippen LogP contribution in [0, 0.1) is 0 Å². The van der Waals surface area contributed by atoms with Crippen LogP contribution < -0.4 is 10.6 Å².